The summed E-state index contributed by atoms with van der Waals surface area (Å²) in [5, 5.41) is 0. The molecule has 0 nitrogen and oxygen atoms in total. The van der Waals surface area contributed by atoms with Gasteiger partial charge < -0.3 is 0 Å². The summed E-state index contributed by atoms with van der Waals surface area (Å²) in [6.07, 6.45) is 15.5. The molecule has 0 aromatic rings. The number of rotatable bonds is 4. The molecular weight excluding hydrogens is 172 g/mol. The summed E-state index contributed by atoms with van der Waals surface area (Å²) in [7, 11) is -0.959. The van der Waals surface area contributed by atoms with E-state index >= 15 is 0 Å². The van der Waals surface area contributed by atoms with Gasteiger partial charge in [0.15, 0.2) is 0 Å². The summed E-state index contributed by atoms with van der Waals surface area (Å²) in [6, 6.07) is 5.61. The van der Waals surface area contributed by atoms with Crippen molar-refractivity contribution >= 4 is 8.07 Å². The molecule has 1 heterocycles. The normalized spacial score (nSPS) is 19.2. The summed E-state index contributed by atoms with van der Waals surface area (Å²) in [4.78, 5) is 0. The van der Waals surface area contributed by atoms with Gasteiger partial charge in [-0.25, -0.2) is 0 Å². The molecule has 0 amide bonds. The largest absolute Gasteiger partial charge is 0.120 e. The van der Waals surface area contributed by atoms with E-state index in [1.165, 1.54) is 37.0 Å². The van der Waals surface area contributed by atoms with Gasteiger partial charge in [0.1, 0.15) is 0 Å². The lowest BCUT2D eigenvalue weighted by Gasteiger charge is -2.24. The molecular formula is C12H18Si. The van der Waals surface area contributed by atoms with Crippen LogP contribution in [0, 0.1) is 24.7 Å². The van der Waals surface area contributed by atoms with E-state index in [1.807, 2.05) is 0 Å². The predicted octanol–water partition coefficient (Wildman–Crippen LogP) is 3.28. The van der Waals surface area contributed by atoms with Crippen LogP contribution in [0.15, 0.2) is 0 Å². The van der Waals surface area contributed by atoms with Gasteiger partial charge in [0.2, 0.25) is 0 Å². The number of terminal acetylenes is 2. The summed E-state index contributed by atoms with van der Waals surface area (Å²) in [5.41, 5.74) is 0. The molecule has 0 atom stereocenters. The van der Waals surface area contributed by atoms with Crippen molar-refractivity contribution in [1.82, 2.24) is 0 Å². The standard InChI is InChI=1S/C12H18Si/c1-3-5-9-13(10-6-4-2)11-7-8-12-13/h1-2H,5-12H2. The molecule has 1 aliphatic heterocycles. The van der Waals surface area contributed by atoms with Gasteiger partial charge in [-0.2, -0.15) is 0 Å². The van der Waals surface area contributed by atoms with Crippen LogP contribution in [0.3, 0.4) is 0 Å². The van der Waals surface area contributed by atoms with Crippen molar-refractivity contribution in [3.8, 4) is 24.7 Å². The van der Waals surface area contributed by atoms with Crippen LogP contribution in [0.2, 0.25) is 24.2 Å². The minimum absolute atomic E-state index is 0.959. The van der Waals surface area contributed by atoms with Crippen LogP contribution in [0.25, 0.3) is 0 Å². The second-order valence-electron chi connectivity index (χ2n) is 4.12. The third-order valence-electron chi connectivity index (χ3n) is 3.26. The Morgan fingerprint density at radius 3 is 1.77 bits per heavy atom. The van der Waals surface area contributed by atoms with Crippen LogP contribution >= 0.6 is 0 Å². The van der Waals surface area contributed by atoms with Gasteiger partial charge in [0.05, 0.1) is 8.07 Å². The average molecular weight is 190 g/mol. The fourth-order valence-electron chi connectivity index (χ4n) is 2.42. The fraction of sp³-hybridized carbons (Fsp3) is 0.667. The quantitative estimate of drug-likeness (QED) is 0.471. The van der Waals surface area contributed by atoms with Crippen molar-refractivity contribution in [2.24, 2.45) is 0 Å². The SMILES string of the molecule is C#CCC[Si]1(CCC#C)CCCC1. The molecule has 0 aromatic heterocycles. The van der Waals surface area contributed by atoms with Crippen molar-refractivity contribution in [2.75, 3.05) is 0 Å². The van der Waals surface area contributed by atoms with Gasteiger partial charge in [0, 0.05) is 12.8 Å². The van der Waals surface area contributed by atoms with Crippen molar-refractivity contribution in [3.05, 3.63) is 0 Å². The maximum atomic E-state index is 5.33. The molecule has 1 heteroatoms. The van der Waals surface area contributed by atoms with Gasteiger partial charge in [-0.05, 0) is 12.1 Å². The summed E-state index contributed by atoms with van der Waals surface area (Å²) in [5.74, 6) is 5.56. The van der Waals surface area contributed by atoms with Crippen LogP contribution in [0.5, 0.6) is 0 Å². The lowest BCUT2D eigenvalue weighted by molar-refractivity contribution is 0.935. The molecule has 70 valence electrons. The highest BCUT2D eigenvalue weighted by Crippen LogP contribution is 2.38. The molecule has 0 spiro atoms. The van der Waals surface area contributed by atoms with Crippen molar-refractivity contribution in [3.63, 3.8) is 0 Å². The molecule has 0 aliphatic carbocycles. The monoisotopic (exact) mass is 190 g/mol. The van der Waals surface area contributed by atoms with Crippen molar-refractivity contribution in [1.29, 1.82) is 0 Å². The molecule has 1 saturated heterocycles. The highest BCUT2D eigenvalue weighted by Gasteiger charge is 2.34. The molecule has 0 aromatic carbocycles. The minimum atomic E-state index is -0.959. The topological polar surface area (TPSA) is 0 Å². The number of hydrogen-bond acceptors (Lipinski definition) is 0. The summed E-state index contributed by atoms with van der Waals surface area (Å²) in [6.45, 7) is 0. The first-order chi connectivity index (χ1) is 6.33. The highest BCUT2D eigenvalue weighted by molar-refractivity contribution is 6.80. The van der Waals surface area contributed by atoms with E-state index in [-0.39, 0.29) is 0 Å². The maximum Gasteiger partial charge on any atom is 0.0554 e. The van der Waals surface area contributed by atoms with Crippen LogP contribution in [-0.4, -0.2) is 8.07 Å². The van der Waals surface area contributed by atoms with Gasteiger partial charge in [-0.1, -0.05) is 24.9 Å². The van der Waals surface area contributed by atoms with E-state index < -0.39 is 8.07 Å². The first kappa shape index (κ1) is 10.4. The summed E-state index contributed by atoms with van der Waals surface area (Å²) >= 11 is 0. The third kappa shape index (κ3) is 2.94. The van der Waals surface area contributed by atoms with Gasteiger partial charge in [-0.3, -0.25) is 0 Å². The zero-order valence-corrected chi connectivity index (χ0v) is 9.31. The molecule has 0 saturated carbocycles. The van der Waals surface area contributed by atoms with Gasteiger partial charge >= 0.3 is 0 Å². The fourth-order valence-corrected chi connectivity index (χ4v) is 7.27. The van der Waals surface area contributed by atoms with Gasteiger partial charge in [0.25, 0.3) is 0 Å². The number of hydrogen-bond donors (Lipinski definition) is 0. The van der Waals surface area contributed by atoms with Crippen LogP contribution < -0.4 is 0 Å². The Bertz CT molecular complexity index is 202. The Kier molecular flexibility index (Phi) is 4.13. The molecule has 13 heavy (non-hydrogen) atoms. The zero-order chi connectivity index (χ0) is 9.57. The first-order valence-corrected chi connectivity index (χ1v) is 8.03. The second-order valence-corrected chi connectivity index (χ2v) is 9.12. The average Bonchev–Trinajstić information content (AvgIpc) is 2.61. The Morgan fingerprint density at radius 2 is 1.38 bits per heavy atom. The Morgan fingerprint density at radius 1 is 0.923 bits per heavy atom. The molecule has 0 unspecified atom stereocenters. The molecule has 0 radical (unpaired) electrons. The Hall–Kier alpha value is -0.663. The Balaban J connectivity index is 2.44. The molecule has 1 fully saturated rings. The first-order valence-electron chi connectivity index (χ1n) is 5.20. The smallest absolute Gasteiger partial charge is 0.0554 e. The molecule has 0 bridgehead atoms. The molecule has 0 N–H and O–H groups in total. The zero-order valence-electron chi connectivity index (χ0n) is 8.31. The van der Waals surface area contributed by atoms with Crippen molar-refractivity contribution < 1.29 is 0 Å². The van der Waals surface area contributed by atoms with E-state index in [0.29, 0.717) is 0 Å². The Labute approximate surface area is 83.1 Å². The minimum Gasteiger partial charge on any atom is -0.120 e. The predicted molar refractivity (Wildman–Crippen MR) is 61.1 cm³/mol. The van der Waals surface area contributed by atoms with E-state index in [2.05, 4.69) is 11.8 Å². The van der Waals surface area contributed by atoms with E-state index in [1.54, 1.807) is 0 Å². The van der Waals surface area contributed by atoms with Crippen LogP contribution in [-0.2, 0) is 0 Å². The van der Waals surface area contributed by atoms with Crippen molar-refractivity contribution in [2.45, 2.75) is 49.9 Å². The molecule has 1 aliphatic rings. The lowest BCUT2D eigenvalue weighted by Crippen LogP contribution is -2.29. The van der Waals surface area contributed by atoms with Gasteiger partial charge in [-0.15, -0.1) is 24.7 Å². The van der Waals surface area contributed by atoms with Crippen LogP contribution in [0.1, 0.15) is 25.7 Å². The summed E-state index contributed by atoms with van der Waals surface area (Å²) < 4.78 is 0. The third-order valence-corrected chi connectivity index (χ3v) is 8.71. The highest BCUT2D eigenvalue weighted by atomic mass is 28.3. The van der Waals surface area contributed by atoms with Crippen LogP contribution in [0.4, 0.5) is 0 Å². The van der Waals surface area contributed by atoms with E-state index in [0.717, 1.165) is 12.8 Å². The maximum absolute atomic E-state index is 5.33. The molecule has 1 rings (SSSR count). The second kappa shape index (κ2) is 5.15. The van der Waals surface area contributed by atoms with E-state index in [9.17, 15) is 0 Å². The van der Waals surface area contributed by atoms with E-state index in [4.69, 9.17) is 12.8 Å². The lowest BCUT2D eigenvalue weighted by atomic mass is 10.4.